The number of aromatic carboxylic acids is 1. The van der Waals surface area contributed by atoms with E-state index >= 15 is 0 Å². The quantitative estimate of drug-likeness (QED) is 0.870. The number of carbonyl (C=O) groups is 1. The summed E-state index contributed by atoms with van der Waals surface area (Å²) >= 11 is 0. The Balaban J connectivity index is 2.45. The van der Waals surface area contributed by atoms with Crippen LogP contribution in [0.3, 0.4) is 0 Å². The van der Waals surface area contributed by atoms with Crippen molar-refractivity contribution in [1.29, 1.82) is 0 Å². The van der Waals surface area contributed by atoms with Gasteiger partial charge >= 0.3 is 5.97 Å². The Morgan fingerprint density at radius 3 is 2.44 bits per heavy atom. The molecule has 0 bridgehead atoms. The molecule has 0 spiro atoms. The highest BCUT2D eigenvalue weighted by Gasteiger charge is 2.27. The summed E-state index contributed by atoms with van der Waals surface area (Å²) in [6.07, 6.45) is 3.50. The zero-order chi connectivity index (χ0) is 13.3. The number of hydrogen-bond donors (Lipinski definition) is 1. The van der Waals surface area contributed by atoms with Crippen molar-refractivity contribution in [3.8, 4) is 0 Å². The second-order valence-corrected chi connectivity index (χ2v) is 5.36. The number of anilines is 1. The third-order valence-electron chi connectivity index (χ3n) is 3.85. The van der Waals surface area contributed by atoms with E-state index in [1.54, 1.807) is 6.07 Å². The summed E-state index contributed by atoms with van der Waals surface area (Å²) in [4.78, 5) is 13.7. The largest absolute Gasteiger partial charge is 0.478 e. The molecule has 1 N–H and O–H groups in total. The van der Waals surface area contributed by atoms with Crippen LogP contribution in [0.25, 0.3) is 0 Å². The fourth-order valence-corrected chi connectivity index (χ4v) is 2.94. The van der Waals surface area contributed by atoms with Gasteiger partial charge in [-0.1, -0.05) is 11.6 Å². The van der Waals surface area contributed by atoms with Crippen molar-refractivity contribution in [3.63, 3.8) is 0 Å². The second kappa shape index (κ2) is 5.01. The van der Waals surface area contributed by atoms with E-state index in [1.807, 2.05) is 19.1 Å². The van der Waals surface area contributed by atoms with Crippen LogP contribution >= 0.6 is 0 Å². The fourth-order valence-electron chi connectivity index (χ4n) is 2.94. The van der Waals surface area contributed by atoms with Crippen LogP contribution in [0, 0.1) is 6.92 Å². The zero-order valence-corrected chi connectivity index (χ0v) is 11.3. The smallest absolute Gasteiger partial charge is 0.337 e. The molecule has 98 valence electrons. The number of aryl methyl sites for hydroxylation is 1. The number of benzene rings is 1. The molecule has 18 heavy (non-hydrogen) atoms. The molecule has 3 heteroatoms. The lowest BCUT2D eigenvalue weighted by Crippen LogP contribution is -2.44. The van der Waals surface area contributed by atoms with Crippen molar-refractivity contribution in [1.82, 2.24) is 0 Å². The van der Waals surface area contributed by atoms with Crippen molar-refractivity contribution in [2.24, 2.45) is 0 Å². The molecule has 1 aliphatic rings. The zero-order valence-electron chi connectivity index (χ0n) is 11.3. The maximum atomic E-state index is 11.4. The lowest BCUT2D eigenvalue weighted by atomic mass is 9.95. The summed E-state index contributed by atoms with van der Waals surface area (Å²) in [6.45, 7) is 6.29. The normalized spacial score (nSPS) is 24.1. The van der Waals surface area contributed by atoms with Crippen LogP contribution in [0.2, 0.25) is 0 Å². The van der Waals surface area contributed by atoms with E-state index in [2.05, 4.69) is 18.7 Å². The Hall–Kier alpha value is -1.51. The van der Waals surface area contributed by atoms with Gasteiger partial charge in [-0.25, -0.2) is 4.79 Å². The van der Waals surface area contributed by atoms with E-state index in [1.165, 1.54) is 6.42 Å². The summed E-state index contributed by atoms with van der Waals surface area (Å²) in [5.41, 5.74) is 2.29. The number of nitrogens with zero attached hydrogens (tertiary/aromatic N) is 1. The highest BCUT2D eigenvalue weighted by atomic mass is 16.4. The Labute approximate surface area is 108 Å². The number of rotatable bonds is 2. The molecule has 1 fully saturated rings. The van der Waals surface area contributed by atoms with Gasteiger partial charge in [0.15, 0.2) is 0 Å². The van der Waals surface area contributed by atoms with E-state index < -0.39 is 5.97 Å². The molecule has 0 amide bonds. The van der Waals surface area contributed by atoms with Gasteiger partial charge < -0.3 is 10.0 Å². The molecule has 2 rings (SSSR count). The molecule has 1 aliphatic heterocycles. The lowest BCUT2D eigenvalue weighted by Gasteiger charge is -2.41. The number of carboxylic acid groups (broad SMARTS) is 1. The third-order valence-corrected chi connectivity index (χ3v) is 3.85. The molecule has 1 aromatic carbocycles. The number of carboxylic acids is 1. The number of hydrogen-bond acceptors (Lipinski definition) is 2. The van der Waals surface area contributed by atoms with Gasteiger partial charge in [-0.2, -0.15) is 0 Å². The van der Waals surface area contributed by atoms with E-state index in [9.17, 15) is 9.90 Å². The fraction of sp³-hybridized carbons (Fsp3) is 0.533. The maximum absolute atomic E-state index is 11.4. The van der Waals surface area contributed by atoms with Gasteiger partial charge in [-0.3, -0.25) is 0 Å². The molecular weight excluding hydrogens is 226 g/mol. The molecule has 1 heterocycles. The maximum Gasteiger partial charge on any atom is 0.337 e. The van der Waals surface area contributed by atoms with Crippen LogP contribution in [0.15, 0.2) is 18.2 Å². The van der Waals surface area contributed by atoms with Crippen LogP contribution in [0.1, 0.15) is 49.0 Å². The summed E-state index contributed by atoms with van der Waals surface area (Å²) in [7, 11) is 0. The van der Waals surface area contributed by atoms with Gasteiger partial charge in [0, 0.05) is 12.1 Å². The minimum absolute atomic E-state index is 0.412. The average molecular weight is 247 g/mol. The van der Waals surface area contributed by atoms with Crippen LogP contribution in [-0.4, -0.2) is 23.2 Å². The van der Waals surface area contributed by atoms with Crippen LogP contribution in [0.4, 0.5) is 5.69 Å². The highest BCUT2D eigenvalue weighted by Crippen LogP contribution is 2.32. The Bertz CT molecular complexity index is 446. The molecule has 0 unspecified atom stereocenters. The van der Waals surface area contributed by atoms with Crippen molar-refractivity contribution in [3.05, 3.63) is 29.3 Å². The molecule has 1 saturated heterocycles. The molecule has 0 aliphatic carbocycles. The molecule has 0 radical (unpaired) electrons. The van der Waals surface area contributed by atoms with E-state index in [0.717, 1.165) is 24.1 Å². The first kappa shape index (κ1) is 12.9. The predicted octanol–water partition coefficient (Wildman–Crippen LogP) is 3.46. The Morgan fingerprint density at radius 2 is 1.89 bits per heavy atom. The topological polar surface area (TPSA) is 40.5 Å². The van der Waals surface area contributed by atoms with Crippen LogP contribution in [0.5, 0.6) is 0 Å². The first-order chi connectivity index (χ1) is 8.50. The first-order valence-corrected chi connectivity index (χ1v) is 6.63. The van der Waals surface area contributed by atoms with Gasteiger partial charge in [-0.15, -0.1) is 0 Å². The predicted molar refractivity (Wildman–Crippen MR) is 73.4 cm³/mol. The van der Waals surface area contributed by atoms with Crippen molar-refractivity contribution in [2.75, 3.05) is 4.90 Å². The Morgan fingerprint density at radius 1 is 1.28 bits per heavy atom. The summed E-state index contributed by atoms with van der Waals surface area (Å²) < 4.78 is 0. The molecule has 3 nitrogen and oxygen atoms in total. The Kier molecular flexibility index (Phi) is 3.60. The highest BCUT2D eigenvalue weighted by molar-refractivity contribution is 5.95. The van der Waals surface area contributed by atoms with Crippen LogP contribution < -0.4 is 4.90 Å². The van der Waals surface area contributed by atoms with E-state index in [-0.39, 0.29) is 0 Å². The van der Waals surface area contributed by atoms with Crippen LogP contribution in [-0.2, 0) is 0 Å². The van der Waals surface area contributed by atoms with Crippen molar-refractivity contribution >= 4 is 11.7 Å². The first-order valence-electron chi connectivity index (χ1n) is 6.63. The third kappa shape index (κ3) is 2.35. The summed E-state index contributed by atoms with van der Waals surface area (Å²) in [6, 6.07) is 6.54. The molecule has 2 atom stereocenters. The molecular formula is C15H21NO2. The van der Waals surface area contributed by atoms with Gasteiger partial charge in [0.25, 0.3) is 0 Å². The van der Waals surface area contributed by atoms with Gasteiger partial charge in [0.1, 0.15) is 0 Å². The SMILES string of the molecule is Cc1ccc(N2[C@H](C)CCC[C@@H]2C)c(C(=O)O)c1. The van der Waals surface area contributed by atoms with Gasteiger partial charge in [0.2, 0.25) is 0 Å². The average Bonchev–Trinajstić information content (AvgIpc) is 2.30. The second-order valence-electron chi connectivity index (χ2n) is 5.36. The molecule has 0 aromatic heterocycles. The molecule has 1 aromatic rings. The summed E-state index contributed by atoms with van der Waals surface area (Å²) in [5.74, 6) is -0.835. The van der Waals surface area contributed by atoms with Gasteiger partial charge in [0.05, 0.1) is 11.3 Å². The molecule has 0 saturated carbocycles. The minimum atomic E-state index is -0.835. The monoisotopic (exact) mass is 247 g/mol. The van der Waals surface area contributed by atoms with Crippen molar-refractivity contribution < 1.29 is 9.90 Å². The summed E-state index contributed by atoms with van der Waals surface area (Å²) in [5, 5.41) is 9.37. The van der Waals surface area contributed by atoms with Crippen molar-refractivity contribution in [2.45, 2.75) is 52.1 Å². The van der Waals surface area contributed by atoms with Gasteiger partial charge in [-0.05, 0) is 52.2 Å². The number of piperidine rings is 1. The minimum Gasteiger partial charge on any atom is -0.478 e. The standard InChI is InChI=1S/C15H21NO2/c1-10-7-8-14(13(9-10)15(17)18)16-11(2)5-4-6-12(16)3/h7-9,11-12H,4-6H2,1-3H3,(H,17,18)/t11-,12+. The van der Waals surface area contributed by atoms with E-state index in [4.69, 9.17) is 0 Å². The lowest BCUT2D eigenvalue weighted by molar-refractivity contribution is 0.0697. The van der Waals surface area contributed by atoms with E-state index in [0.29, 0.717) is 17.6 Å².